The van der Waals surface area contributed by atoms with Crippen LogP contribution in [-0.2, 0) is 14.3 Å². The van der Waals surface area contributed by atoms with Crippen LogP contribution in [0.2, 0.25) is 0 Å². The SMILES string of the molecule is CCOC(=O)c1c(C)[nH]c(C(=O)OCC(=O)Nc2ccccc2SC(F)F)c1C. The molecular formula is C19H20F2N2O5S. The molecule has 1 amide bonds. The minimum absolute atomic E-state index is 0.0343. The maximum absolute atomic E-state index is 12.6. The summed E-state index contributed by atoms with van der Waals surface area (Å²) in [6.45, 7) is 4.40. The second kappa shape index (κ2) is 10.1. The van der Waals surface area contributed by atoms with Crippen LogP contribution in [0.1, 0.15) is 39.0 Å². The minimum Gasteiger partial charge on any atom is -0.462 e. The third-order valence-corrected chi connectivity index (χ3v) is 4.62. The zero-order valence-corrected chi connectivity index (χ0v) is 16.8. The molecule has 1 aromatic carbocycles. The quantitative estimate of drug-likeness (QED) is 0.491. The number of alkyl halides is 2. The predicted molar refractivity (Wildman–Crippen MR) is 103 cm³/mol. The lowest BCUT2D eigenvalue weighted by molar-refractivity contribution is -0.119. The zero-order chi connectivity index (χ0) is 21.6. The molecular weight excluding hydrogens is 406 g/mol. The highest BCUT2D eigenvalue weighted by Crippen LogP contribution is 2.31. The Morgan fingerprint density at radius 2 is 1.83 bits per heavy atom. The van der Waals surface area contributed by atoms with E-state index in [-0.39, 0.29) is 28.4 Å². The number of hydrogen-bond acceptors (Lipinski definition) is 6. The second-order valence-corrected chi connectivity index (χ2v) is 6.88. The van der Waals surface area contributed by atoms with E-state index in [1.54, 1.807) is 32.9 Å². The van der Waals surface area contributed by atoms with Gasteiger partial charge in [0.05, 0.1) is 17.9 Å². The Labute approximate surface area is 170 Å². The Balaban J connectivity index is 2.02. The lowest BCUT2D eigenvalue weighted by Crippen LogP contribution is -2.21. The van der Waals surface area contributed by atoms with Crippen LogP contribution < -0.4 is 5.32 Å². The van der Waals surface area contributed by atoms with Crippen LogP contribution in [0.25, 0.3) is 0 Å². The highest BCUT2D eigenvalue weighted by molar-refractivity contribution is 7.99. The van der Waals surface area contributed by atoms with E-state index in [1.165, 1.54) is 12.1 Å². The highest BCUT2D eigenvalue weighted by atomic mass is 32.2. The molecule has 10 heteroatoms. The van der Waals surface area contributed by atoms with Crippen molar-refractivity contribution in [2.75, 3.05) is 18.5 Å². The molecule has 0 radical (unpaired) electrons. The fourth-order valence-corrected chi connectivity index (χ4v) is 3.22. The first-order valence-corrected chi connectivity index (χ1v) is 9.49. The number of ether oxygens (including phenoxy) is 2. The van der Waals surface area contributed by atoms with E-state index in [0.717, 1.165) is 0 Å². The lowest BCUT2D eigenvalue weighted by Gasteiger charge is -2.10. The van der Waals surface area contributed by atoms with Crippen molar-refractivity contribution in [2.24, 2.45) is 0 Å². The van der Waals surface area contributed by atoms with E-state index in [4.69, 9.17) is 9.47 Å². The molecule has 2 N–H and O–H groups in total. The summed E-state index contributed by atoms with van der Waals surface area (Å²) in [5.41, 5.74) is 1.25. The largest absolute Gasteiger partial charge is 0.462 e. The van der Waals surface area contributed by atoms with Gasteiger partial charge in [-0.1, -0.05) is 23.9 Å². The number of aromatic nitrogens is 1. The number of aromatic amines is 1. The standard InChI is InChI=1S/C19H20F2N2O5S/c1-4-27-17(25)15-10(2)16(22-11(15)3)18(26)28-9-14(24)23-12-7-5-6-8-13(12)29-19(20)21/h5-8,19,22H,4,9H2,1-3H3,(H,23,24). The molecule has 2 rings (SSSR count). The second-order valence-electron chi connectivity index (χ2n) is 5.84. The van der Waals surface area contributed by atoms with Gasteiger partial charge in [0.15, 0.2) is 6.61 Å². The molecule has 29 heavy (non-hydrogen) atoms. The summed E-state index contributed by atoms with van der Waals surface area (Å²) >= 11 is 0.297. The number of carbonyl (C=O) groups excluding carboxylic acids is 3. The van der Waals surface area contributed by atoms with E-state index in [1.807, 2.05) is 0 Å². The Hall–Kier alpha value is -2.88. The van der Waals surface area contributed by atoms with E-state index >= 15 is 0 Å². The summed E-state index contributed by atoms with van der Waals surface area (Å²) in [5, 5.41) is 2.43. The highest BCUT2D eigenvalue weighted by Gasteiger charge is 2.24. The smallest absolute Gasteiger partial charge is 0.355 e. The van der Waals surface area contributed by atoms with Crippen molar-refractivity contribution in [1.29, 1.82) is 0 Å². The van der Waals surface area contributed by atoms with Crippen molar-refractivity contribution in [2.45, 2.75) is 31.4 Å². The Kier molecular flexibility index (Phi) is 7.77. The van der Waals surface area contributed by atoms with E-state index < -0.39 is 30.2 Å². The van der Waals surface area contributed by atoms with Gasteiger partial charge in [-0.05, 0) is 38.5 Å². The van der Waals surface area contributed by atoms with Crippen LogP contribution in [0.5, 0.6) is 0 Å². The zero-order valence-electron chi connectivity index (χ0n) is 16.0. The number of nitrogens with one attached hydrogen (secondary N) is 2. The molecule has 0 aliphatic carbocycles. The van der Waals surface area contributed by atoms with Gasteiger partial charge in [0.1, 0.15) is 5.69 Å². The molecule has 1 heterocycles. The first-order valence-electron chi connectivity index (χ1n) is 8.61. The topological polar surface area (TPSA) is 97.5 Å². The van der Waals surface area contributed by atoms with Gasteiger partial charge >= 0.3 is 11.9 Å². The van der Waals surface area contributed by atoms with Crippen molar-refractivity contribution < 1.29 is 32.6 Å². The van der Waals surface area contributed by atoms with Crippen molar-refractivity contribution in [3.05, 3.63) is 46.8 Å². The fraction of sp³-hybridized carbons (Fsp3) is 0.316. The molecule has 0 atom stereocenters. The number of esters is 2. The molecule has 0 bridgehead atoms. The average molecular weight is 426 g/mol. The first kappa shape index (κ1) is 22.4. The molecule has 0 saturated carbocycles. The molecule has 0 saturated heterocycles. The Morgan fingerprint density at radius 1 is 1.14 bits per heavy atom. The maximum atomic E-state index is 12.6. The van der Waals surface area contributed by atoms with Crippen LogP contribution in [-0.4, -0.2) is 41.8 Å². The molecule has 0 unspecified atom stereocenters. The first-order chi connectivity index (χ1) is 13.7. The molecule has 1 aromatic heterocycles. The van der Waals surface area contributed by atoms with Gasteiger partial charge in [-0.2, -0.15) is 8.78 Å². The van der Waals surface area contributed by atoms with E-state index in [2.05, 4.69) is 10.3 Å². The number of aryl methyl sites for hydroxylation is 1. The number of anilines is 1. The summed E-state index contributed by atoms with van der Waals surface area (Å²) in [5.74, 6) is -4.72. The van der Waals surface area contributed by atoms with Gasteiger partial charge in [-0.25, -0.2) is 9.59 Å². The maximum Gasteiger partial charge on any atom is 0.355 e. The van der Waals surface area contributed by atoms with Crippen LogP contribution in [0.15, 0.2) is 29.2 Å². The van der Waals surface area contributed by atoms with Crippen molar-refractivity contribution in [1.82, 2.24) is 4.98 Å². The van der Waals surface area contributed by atoms with Gasteiger partial charge in [-0.15, -0.1) is 0 Å². The number of rotatable bonds is 8. The van der Waals surface area contributed by atoms with Crippen molar-refractivity contribution in [3.63, 3.8) is 0 Å². The van der Waals surface area contributed by atoms with Crippen LogP contribution >= 0.6 is 11.8 Å². The molecule has 0 aliphatic rings. The molecule has 0 fully saturated rings. The molecule has 0 aliphatic heterocycles. The van der Waals surface area contributed by atoms with E-state index in [9.17, 15) is 23.2 Å². The minimum atomic E-state index is -2.64. The summed E-state index contributed by atoms with van der Waals surface area (Å²) in [4.78, 5) is 39.3. The number of carbonyl (C=O) groups is 3. The number of para-hydroxylation sites is 1. The number of halogens is 2. The predicted octanol–water partition coefficient (Wildman–Crippen LogP) is 3.92. The van der Waals surface area contributed by atoms with Crippen LogP contribution in [0, 0.1) is 13.8 Å². The molecule has 0 spiro atoms. The Morgan fingerprint density at radius 3 is 2.48 bits per heavy atom. The average Bonchev–Trinajstić information content (AvgIpc) is 2.95. The van der Waals surface area contributed by atoms with Gasteiger partial charge in [0.25, 0.3) is 11.7 Å². The molecule has 156 valence electrons. The van der Waals surface area contributed by atoms with Crippen molar-refractivity contribution in [3.8, 4) is 0 Å². The van der Waals surface area contributed by atoms with Gasteiger partial charge in [0.2, 0.25) is 0 Å². The lowest BCUT2D eigenvalue weighted by atomic mass is 10.1. The normalized spacial score (nSPS) is 10.7. The number of H-pyrrole nitrogens is 1. The number of thioether (sulfide) groups is 1. The van der Waals surface area contributed by atoms with Gasteiger partial charge in [0, 0.05) is 10.6 Å². The number of benzene rings is 1. The molecule has 2 aromatic rings. The van der Waals surface area contributed by atoms with Gasteiger partial charge in [-0.3, -0.25) is 4.79 Å². The summed E-state index contributed by atoms with van der Waals surface area (Å²) in [6.07, 6.45) is 0. The van der Waals surface area contributed by atoms with Crippen LogP contribution in [0.4, 0.5) is 14.5 Å². The molecule has 7 nitrogen and oxygen atoms in total. The Bertz CT molecular complexity index is 914. The fourth-order valence-electron chi connectivity index (χ4n) is 2.62. The number of amides is 1. The summed E-state index contributed by atoms with van der Waals surface area (Å²) < 4.78 is 35.1. The third kappa shape index (κ3) is 5.80. The third-order valence-electron chi connectivity index (χ3n) is 3.83. The summed E-state index contributed by atoms with van der Waals surface area (Å²) in [7, 11) is 0. The number of hydrogen-bond donors (Lipinski definition) is 2. The van der Waals surface area contributed by atoms with Crippen molar-refractivity contribution >= 4 is 35.3 Å². The summed E-state index contributed by atoms with van der Waals surface area (Å²) in [6, 6.07) is 6.06. The monoisotopic (exact) mass is 426 g/mol. The van der Waals surface area contributed by atoms with Gasteiger partial charge < -0.3 is 19.8 Å². The van der Waals surface area contributed by atoms with Crippen LogP contribution in [0.3, 0.4) is 0 Å². The van der Waals surface area contributed by atoms with E-state index in [0.29, 0.717) is 23.0 Å².